The molecular weight excluding hydrogens is 304 g/mol. The molecule has 0 spiro atoms. The number of aromatic nitrogens is 1. The van der Waals surface area contributed by atoms with Gasteiger partial charge in [0.1, 0.15) is 0 Å². The van der Waals surface area contributed by atoms with E-state index in [1.54, 1.807) is 0 Å². The highest BCUT2D eigenvalue weighted by Crippen LogP contribution is 2.50. The van der Waals surface area contributed by atoms with Crippen LogP contribution in [0.2, 0.25) is 0 Å². The summed E-state index contributed by atoms with van der Waals surface area (Å²) in [4.78, 5) is 4.61. The first-order chi connectivity index (χ1) is 12.4. The van der Waals surface area contributed by atoms with Crippen LogP contribution in [-0.4, -0.2) is 4.98 Å². The summed E-state index contributed by atoms with van der Waals surface area (Å²) in [7, 11) is 0. The van der Waals surface area contributed by atoms with E-state index in [0.29, 0.717) is 11.8 Å². The van der Waals surface area contributed by atoms with Crippen LogP contribution in [0.25, 0.3) is 11.1 Å². The van der Waals surface area contributed by atoms with E-state index in [0.717, 1.165) is 12.1 Å². The fourth-order valence-corrected chi connectivity index (χ4v) is 4.26. The van der Waals surface area contributed by atoms with Crippen molar-refractivity contribution in [3.63, 3.8) is 0 Å². The van der Waals surface area contributed by atoms with Crippen LogP contribution in [0.4, 0.5) is 5.69 Å². The van der Waals surface area contributed by atoms with Gasteiger partial charge in [0.2, 0.25) is 0 Å². The molecule has 0 bridgehead atoms. The van der Waals surface area contributed by atoms with Gasteiger partial charge in [0.15, 0.2) is 0 Å². The van der Waals surface area contributed by atoms with E-state index in [1.807, 2.05) is 12.3 Å². The highest BCUT2D eigenvalue weighted by molar-refractivity contribution is 5.71. The van der Waals surface area contributed by atoms with Crippen molar-refractivity contribution in [2.75, 3.05) is 5.32 Å². The number of anilines is 1. The highest BCUT2D eigenvalue weighted by atomic mass is 15.0. The molecule has 5 rings (SSSR count). The summed E-state index contributed by atoms with van der Waals surface area (Å²) in [5.74, 6) is 1.00. The van der Waals surface area contributed by atoms with Crippen LogP contribution in [-0.2, 0) is 0 Å². The third kappa shape index (κ3) is 2.45. The van der Waals surface area contributed by atoms with Crippen molar-refractivity contribution >= 4 is 5.69 Å². The molecule has 2 aromatic carbocycles. The van der Waals surface area contributed by atoms with E-state index in [9.17, 15) is 0 Å². The van der Waals surface area contributed by atoms with Gasteiger partial charge in [0.25, 0.3) is 0 Å². The van der Waals surface area contributed by atoms with Gasteiger partial charge in [-0.2, -0.15) is 0 Å². The Labute approximate surface area is 148 Å². The Balaban J connectivity index is 1.58. The van der Waals surface area contributed by atoms with E-state index in [1.165, 1.54) is 22.4 Å². The summed E-state index contributed by atoms with van der Waals surface area (Å²) in [6.45, 7) is 0. The number of hydrogen-bond acceptors (Lipinski definition) is 2. The van der Waals surface area contributed by atoms with Gasteiger partial charge in [0, 0.05) is 17.8 Å². The van der Waals surface area contributed by atoms with Crippen LogP contribution < -0.4 is 5.32 Å². The van der Waals surface area contributed by atoms with E-state index in [2.05, 4.69) is 83.1 Å². The Bertz CT molecular complexity index is 915. The van der Waals surface area contributed by atoms with Crippen molar-refractivity contribution in [1.29, 1.82) is 0 Å². The van der Waals surface area contributed by atoms with Gasteiger partial charge in [0.05, 0.1) is 11.7 Å². The van der Waals surface area contributed by atoms with Gasteiger partial charge in [-0.3, -0.25) is 4.98 Å². The van der Waals surface area contributed by atoms with E-state index < -0.39 is 0 Å². The fraction of sp³-hybridized carbons (Fsp3) is 0.174. The Morgan fingerprint density at radius 2 is 1.76 bits per heavy atom. The number of nitrogens with zero attached hydrogens (tertiary/aromatic N) is 1. The van der Waals surface area contributed by atoms with Crippen LogP contribution in [0.3, 0.4) is 0 Å². The second kappa shape index (κ2) is 5.89. The van der Waals surface area contributed by atoms with Gasteiger partial charge in [-0.05, 0) is 53.3 Å². The highest BCUT2D eigenvalue weighted by Gasteiger charge is 2.38. The Morgan fingerprint density at radius 1 is 0.880 bits per heavy atom. The molecule has 1 aliphatic heterocycles. The van der Waals surface area contributed by atoms with Crippen molar-refractivity contribution in [3.05, 3.63) is 96.3 Å². The first-order valence-electron chi connectivity index (χ1n) is 8.94. The van der Waals surface area contributed by atoms with Gasteiger partial charge < -0.3 is 5.32 Å². The van der Waals surface area contributed by atoms with Crippen LogP contribution in [0.5, 0.6) is 0 Å². The molecule has 3 aromatic rings. The van der Waals surface area contributed by atoms with Crippen molar-refractivity contribution < 1.29 is 0 Å². The largest absolute Gasteiger partial charge is 0.376 e. The lowest BCUT2D eigenvalue weighted by molar-refractivity contribution is 0.419. The molecule has 2 heterocycles. The topological polar surface area (TPSA) is 24.9 Å². The average Bonchev–Trinajstić information content (AvgIpc) is 3.18. The molecule has 2 heteroatoms. The molecule has 1 aromatic heterocycles. The summed E-state index contributed by atoms with van der Waals surface area (Å²) in [5, 5.41) is 3.76. The maximum absolute atomic E-state index is 4.61. The van der Waals surface area contributed by atoms with E-state index >= 15 is 0 Å². The number of rotatable bonds is 2. The van der Waals surface area contributed by atoms with Crippen LogP contribution >= 0.6 is 0 Å². The summed E-state index contributed by atoms with van der Waals surface area (Å²) in [6, 6.07) is 23.9. The number of pyridine rings is 1. The maximum atomic E-state index is 4.61. The predicted molar refractivity (Wildman–Crippen MR) is 102 cm³/mol. The minimum atomic E-state index is 0.274. The molecule has 2 aliphatic rings. The average molecular weight is 324 g/mol. The smallest absolute Gasteiger partial charge is 0.0725 e. The minimum absolute atomic E-state index is 0.274. The molecule has 122 valence electrons. The second-order valence-electron chi connectivity index (χ2n) is 6.90. The maximum Gasteiger partial charge on any atom is 0.0725 e. The molecule has 0 saturated heterocycles. The first kappa shape index (κ1) is 14.5. The van der Waals surface area contributed by atoms with Crippen LogP contribution in [0.1, 0.15) is 29.6 Å². The van der Waals surface area contributed by atoms with E-state index in [4.69, 9.17) is 0 Å². The third-order valence-corrected chi connectivity index (χ3v) is 5.48. The molecule has 3 atom stereocenters. The van der Waals surface area contributed by atoms with Crippen LogP contribution in [0.15, 0.2) is 85.1 Å². The molecule has 1 N–H and O–H groups in total. The quantitative estimate of drug-likeness (QED) is 0.623. The molecule has 0 fully saturated rings. The molecular formula is C23H20N2. The number of allylic oxidation sites excluding steroid dienone is 2. The van der Waals surface area contributed by atoms with Crippen LogP contribution in [0, 0.1) is 5.92 Å². The van der Waals surface area contributed by atoms with Crippen molar-refractivity contribution in [2.24, 2.45) is 5.92 Å². The van der Waals surface area contributed by atoms with Crippen molar-refractivity contribution in [2.45, 2.75) is 18.4 Å². The Kier molecular flexibility index (Phi) is 3.41. The lowest BCUT2D eigenvalue weighted by Crippen LogP contribution is -2.29. The third-order valence-electron chi connectivity index (χ3n) is 5.48. The second-order valence-corrected chi connectivity index (χ2v) is 6.90. The number of nitrogens with one attached hydrogen (secondary N) is 1. The molecule has 0 saturated carbocycles. The first-order valence-corrected chi connectivity index (χ1v) is 8.94. The molecule has 0 radical (unpaired) electrons. The zero-order valence-electron chi connectivity index (χ0n) is 14.0. The molecule has 1 aliphatic carbocycles. The minimum Gasteiger partial charge on any atom is -0.376 e. The molecule has 0 amide bonds. The molecule has 2 nitrogen and oxygen atoms in total. The van der Waals surface area contributed by atoms with Gasteiger partial charge in [-0.15, -0.1) is 0 Å². The molecule has 25 heavy (non-hydrogen) atoms. The summed E-state index contributed by atoms with van der Waals surface area (Å²) < 4.78 is 0. The van der Waals surface area contributed by atoms with Gasteiger partial charge >= 0.3 is 0 Å². The lowest BCUT2D eigenvalue weighted by atomic mass is 9.77. The molecule has 0 unspecified atom stereocenters. The van der Waals surface area contributed by atoms with Crippen molar-refractivity contribution in [1.82, 2.24) is 4.98 Å². The zero-order valence-corrected chi connectivity index (χ0v) is 14.0. The van der Waals surface area contributed by atoms with E-state index in [-0.39, 0.29) is 6.04 Å². The monoisotopic (exact) mass is 324 g/mol. The summed E-state index contributed by atoms with van der Waals surface area (Å²) in [6.07, 6.45) is 7.71. The number of fused-ring (bicyclic) bond motifs is 3. The lowest BCUT2D eigenvalue weighted by Gasteiger charge is -2.37. The summed E-state index contributed by atoms with van der Waals surface area (Å²) in [5.41, 5.74) is 6.35. The number of benzene rings is 2. The normalized spacial score (nSPS) is 23.6. The predicted octanol–water partition coefficient (Wildman–Crippen LogP) is 5.58. The Hall–Kier alpha value is -2.87. The zero-order chi connectivity index (χ0) is 16.6. The van der Waals surface area contributed by atoms with Gasteiger partial charge in [-0.1, -0.05) is 54.6 Å². The summed E-state index contributed by atoms with van der Waals surface area (Å²) >= 11 is 0. The van der Waals surface area contributed by atoms with Gasteiger partial charge in [-0.25, -0.2) is 0 Å². The number of hydrogen-bond donors (Lipinski definition) is 1. The Morgan fingerprint density at radius 3 is 2.60 bits per heavy atom. The standard InChI is InChI=1S/C23H20N2/c1-2-7-16(8-3-1)17-12-13-21-20(15-17)18-9-6-10-19(18)23(25-21)22-11-4-5-14-24-22/h1-9,11-15,18-19,23,25H,10H2/t18-,19+,23+/m0/s1. The fourth-order valence-electron chi connectivity index (χ4n) is 4.26. The van der Waals surface area contributed by atoms with Crippen molar-refractivity contribution in [3.8, 4) is 11.1 Å². The SMILES string of the molecule is C1=C[C@@H]2c3cc(-c4ccccc4)ccc3N[C@@H](c3ccccn3)[C@@H]2C1.